The molecule has 0 spiro atoms. The molecule has 6 heteroatoms. The van der Waals surface area contributed by atoms with Crippen LogP contribution in [0.2, 0.25) is 0 Å². The molecule has 0 saturated heterocycles. The van der Waals surface area contributed by atoms with E-state index in [1.54, 1.807) is 11.3 Å². The van der Waals surface area contributed by atoms with Crippen LogP contribution >= 0.6 is 11.3 Å². The molecule has 0 aliphatic carbocycles. The molecule has 1 heterocycles. The van der Waals surface area contributed by atoms with Crippen LogP contribution in [0.15, 0.2) is 23.6 Å². The molecule has 2 rings (SSSR count). The van der Waals surface area contributed by atoms with E-state index in [0.29, 0.717) is 18.9 Å². The van der Waals surface area contributed by atoms with E-state index in [1.807, 2.05) is 5.38 Å². The summed E-state index contributed by atoms with van der Waals surface area (Å²) < 4.78 is 31.5. The molecule has 0 saturated carbocycles. The maximum absolute atomic E-state index is 13.1. The number of hydrogen-bond donors (Lipinski definition) is 1. The van der Waals surface area contributed by atoms with Gasteiger partial charge < -0.3 is 10.5 Å². The highest BCUT2D eigenvalue weighted by Crippen LogP contribution is 2.30. The minimum absolute atomic E-state index is 0.143. The third kappa shape index (κ3) is 4.24. The Labute approximate surface area is 133 Å². The van der Waals surface area contributed by atoms with Crippen molar-refractivity contribution in [3.8, 4) is 5.75 Å². The lowest BCUT2D eigenvalue weighted by Crippen LogP contribution is -2.20. The molecular formula is C16H20F2N2OS. The van der Waals surface area contributed by atoms with Crippen LogP contribution < -0.4 is 10.5 Å². The van der Waals surface area contributed by atoms with E-state index in [0.717, 1.165) is 35.7 Å². The maximum Gasteiger partial charge on any atom is 0.162 e. The van der Waals surface area contributed by atoms with E-state index in [1.165, 1.54) is 6.07 Å². The molecule has 0 unspecified atom stereocenters. The van der Waals surface area contributed by atoms with Crippen LogP contribution in [0.1, 0.15) is 31.0 Å². The van der Waals surface area contributed by atoms with Crippen molar-refractivity contribution in [2.45, 2.75) is 32.1 Å². The van der Waals surface area contributed by atoms with Crippen molar-refractivity contribution >= 4 is 11.3 Å². The fourth-order valence-electron chi connectivity index (χ4n) is 1.98. The average molecular weight is 326 g/mol. The first-order valence-electron chi connectivity index (χ1n) is 7.15. The Morgan fingerprint density at radius 3 is 2.73 bits per heavy atom. The zero-order chi connectivity index (χ0) is 16.2. The van der Waals surface area contributed by atoms with Crippen LogP contribution in [0.4, 0.5) is 8.78 Å². The Morgan fingerprint density at radius 1 is 1.27 bits per heavy atom. The van der Waals surface area contributed by atoms with Crippen LogP contribution in [-0.2, 0) is 11.8 Å². The normalized spacial score (nSPS) is 11.7. The van der Waals surface area contributed by atoms with E-state index in [9.17, 15) is 8.78 Å². The summed E-state index contributed by atoms with van der Waals surface area (Å²) in [4.78, 5) is 4.60. The Hall–Kier alpha value is -1.53. The van der Waals surface area contributed by atoms with Gasteiger partial charge in [-0.1, -0.05) is 13.8 Å². The number of aromatic nitrogens is 1. The summed E-state index contributed by atoms with van der Waals surface area (Å²) in [5.74, 6) is -1.44. The quantitative estimate of drug-likeness (QED) is 0.844. The van der Waals surface area contributed by atoms with Gasteiger partial charge in [0.2, 0.25) is 0 Å². The van der Waals surface area contributed by atoms with Gasteiger partial charge in [-0.2, -0.15) is 0 Å². The number of benzene rings is 1. The highest BCUT2D eigenvalue weighted by molar-refractivity contribution is 7.09. The van der Waals surface area contributed by atoms with Crippen molar-refractivity contribution in [1.82, 2.24) is 4.98 Å². The van der Waals surface area contributed by atoms with Crippen molar-refractivity contribution in [3.05, 3.63) is 45.9 Å². The van der Waals surface area contributed by atoms with Gasteiger partial charge in [0.05, 0.1) is 17.3 Å². The minimum atomic E-state index is -0.900. The fraction of sp³-hybridized carbons (Fsp3) is 0.438. The zero-order valence-corrected chi connectivity index (χ0v) is 13.6. The zero-order valence-electron chi connectivity index (χ0n) is 12.7. The van der Waals surface area contributed by atoms with Gasteiger partial charge in [0.1, 0.15) is 5.75 Å². The molecule has 0 atom stereocenters. The topological polar surface area (TPSA) is 48.1 Å². The number of thiazole rings is 1. The summed E-state index contributed by atoms with van der Waals surface area (Å²) in [6, 6.07) is 3.55. The van der Waals surface area contributed by atoms with Gasteiger partial charge in [0.25, 0.3) is 0 Å². The number of ether oxygens (including phenoxy) is 1. The van der Waals surface area contributed by atoms with Gasteiger partial charge >= 0.3 is 0 Å². The molecule has 1 aromatic heterocycles. The Morgan fingerprint density at radius 2 is 2.05 bits per heavy atom. The van der Waals surface area contributed by atoms with E-state index in [2.05, 4.69) is 18.8 Å². The summed E-state index contributed by atoms with van der Waals surface area (Å²) in [6.45, 7) is 5.17. The van der Waals surface area contributed by atoms with E-state index >= 15 is 0 Å². The third-order valence-corrected chi connectivity index (χ3v) is 4.68. The number of rotatable bonds is 7. The fourth-order valence-corrected chi connectivity index (χ4v) is 2.99. The molecule has 3 nitrogen and oxygen atoms in total. The molecule has 2 N–H and O–H groups in total. The molecule has 0 amide bonds. The molecule has 0 aliphatic heterocycles. The molecule has 1 aromatic carbocycles. The maximum atomic E-state index is 13.1. The Balaban J connectivity index is 1.92. The number of hydrogen-bond acceptors (Lipinski definition) is 4. The second-order valence-corrected chi connectivity index (χ2v) is 6.60. The molecule has 0 bridgehead atoms. The van der Waals surface area contributed by atoms with E-state index in [4.69, 9.17) is 10.5 Å². The lowest BCUT2D eigenvalue weighted by atomic mass is 9.90. The summed E-state index contributed by atoms with van der Waals surface area (Å²) in [5.41, 5.74) is 6.40. The number of halogens is 2. The first kappa shape index (κ1) is 16.8. The van der Waals surface area contributed by atoms with Gasteiger partial charge in [-0.25, -0.2) is 13.8 Å². The van der Waals surface area contributed by atoms with Gasteiger partial charge in [-0.3, -0.25) is 0 Å². The molecular weight excluding hydrogens is 306 g/mol. The molecule has 120 valence electrons. The van der Waals surface area contributed by atoms with Crippen molar-refractivity contribution in [2.75, 3.05) is 13.2 Å². The predicted octanol–water partition coefficient (Wildman–Crippen LogP) is 3.67. The molecule has 0 fully saturated rings. The smallest absolute Gasteiger partial charge is 0.162 e. The van der Waals surface area contributed by atoms with Crippen molar-refractivity contribution in [2.24, 2.45) is 5.73 Å². The largest absolute Gasteiger partial charge is 0.493 e. The lowest BCUT2D eigenvalue weighted by molar-refractivity contribution is 0.270. The second kappa shape index (κ2) is 7.15. The van der Waals surface area contributed by atoms with E-state index in [-0.39, 0.29) is 5.41 Å². The predicted molar refractivity (Wildman–Crippen MR) is 84.4 cm³/mol. The van der Waals surface area contributed by atoms with Crippen LogP contribution in [0.25, 0.3) is 0 Å². The van der Waals surface area contributed by atoms with Gasteiger partial charge in [0.15, 0.2) is 11.6 Å². The van der Waals surface area contributed by atoms with Gasteiger partial charge in [-0.05, 0) is 25.1 Å². The summed E-state index contributed by atoms with van der Waals surface area (Å²) in [6.07, 6.45) is 1.50. The Kier molecular flexibility index (Phi) is 5.47. The standard InChI is InChI=1S/C16H20F2N2OS/c1-16(2,15-20-11(5-7-19)10-22-15)6-8-21-12-3-4-13(17)14(18)9-12/h3-4,9-10H,5-8,19H2,1-2H3. The molecule has 22 heavy (non-hydrogen) atoms. The van der Waals surface area contributed by atoms with Gasteiger partial charge in [-0.15, -0.1) is 11.3 Å². The highest BCUT2D eigenvalue weighted by atomic mass is 32.1. The average Bonchev–Trinajstić information content (AvgIpc) is 2.93. The summed E-state index contributed by atoms with van der Waals surface area (Å²) >= 11 is 1.62. The SMILES string of the molecule is CC(C)(CCOc1ccc(F)c(F)c1)c1nc(CCN)cs1. The van der Waals surface area contributed by atoms with Crippen LogP contribution in [-0.4, -0.2) is 18.1 Å². The Bertz CT molecular complexity index is 628. The minimum Gasteiger partial charge on any atom is -0.493 e. The van der Waals surface area contributed by atoms with Crippen molar-refractivity contribution in [3.63, 3.8) is 0 Å². The first-order valence-corrected chi connectivity index (χ1v) is 8.03. The third-order valence-electron chi connectivity index (χ3n) is 3.42. The van der Waals surface area contributed by atoms with Crippen LogP contribution in [0.5, 0.6) is 5.75 Å². The molecule has 0 radical (unpaired) electrons. The summed E-state index contributed by atoms with van der Waals surface area (Å²) in [5, 5.41) is 3.06. The van der Waals surface area contributed by atoms with Crippen molar-refractivity contribution in [1.29, 1.82) is 0 Å². The van der Waals surface area contributed by atoms with Crippen LogP contribution in [0.3, 0.4) is 0 Å². The molecule has 0 aliphatic rings. The summed E-state index contributed by atoms with van der Waals surface area (Å²) in [7, 11) is 0. The number of nitrogens with zero attached hydrogens (tertiary/aromatic N) is 1. The monoisotopic (exact) mass is 326 g/mol. The van der Waals surface area contributed by atoms with Crippen LogP contribution in [0, 0.1) is 11.6 Å². The van der Waals surface area contributed by atoms with Gasteiger partial charge in [0, 0.05) is 23.3 Å². The second-order valence-electron chi connectivity index (χ2n) is 5.74. The first-order chi connectivity index (χ1) is 10.4. The van der Waals surface area contributed by atoms with Crippen molar-refractivity contribution < 1.29 is 13.5 Å². The molecule has 2 aromatic rings. The number of nitrogens with two attached hydrogens (primary N) is 1. The van der Waals surface area contributed by atoms with E-state index < -0.39 is 11.6 Å². The highest BCUT2D eigenvalue weighted by Gasteiger charge is 2.24. The lowest BCUT2D eigenvalue weighted by Gasteiger charge is -2.22.